The molecule has 0 saturated carbocycles. The standard InChI is InChI=1S/C14H24N2O8/c1-3-20-7-9-22-15(23-10-8-21-4-2)11-14(19)24-16-12(17)5-6-13(16)18/h3-11H2,1-2H3. The molecule has 0 aromatic rings. The molecule has 0 aromatic heterocycles. The van der Waals surface area contributed by atoms with Gasteiger partial charge in [-0.3, -0.25) is 19.3 Å². The largest absolute Gasteiger partial charge is 0.379 e. The third kappa shape index (κ3) is 7.79. The Labute approximate surface area is 140 Å². The molecule has 0 radical (unpaired) electrons. The average Bonchev–Trinajstić information content (AvgIpc) is 2.87. The maximum atomic E-state index is 11.8. The van der Waals surface area contributed by atoms with Gasteiger partial charge in [-0.15, -0.1) is 5.06 Å². The van der Waals surface area contributed by atoms with Gasteiger partial charge in [0, 0.05) is 26.1 Å². The molecule has 0 spiro atoms. The zero-order valence-corrected chi connectivity index (χ0v) is 14.0. The molecule has 0 bridgehead atoms. The summed E-state index contributed by atoms with van der Waals surface area (Å²) < 4.78 is 10.2. The Morgan fingerprint density at radius 2 is 1.46 bits per heavy atom. The summed E-state index contributed by atoms with van der Waals surface area (Å²) in [6, 6.07) is 0. The van der Waals surface area contributed by atoms with Crippen LogP contribution in [0.25, 0.3) is 0 Å². The summed E-state index contributed by atoms with van der Waals surface area (Å²) in [5.74, 6) is -1.95. The molecule has 0 unspecified atom stereocenters. The van der Waals surface area contributed by atoms with Gasteiger partial charge in [-0.1, -0.05) is 5.23 Å². The first-order valence-electron chi connectivity index (χ1n) is 7.83. The molecule has 2 amide bonds. The molecule has 0 atom stereocenters. The zero-order chi connectivity index (χ0) is 17.8. The maximum Gasteiger partial charge on any atom is 0.352 e. The van der Waals surface area contributed by atoms with Gasteiger partial charge in [0.05, 0.1) is 26.4 Å². The molecule has 1 aliphatic heterocycles. The lowest BCUT2D eigenvalue weighted by atomic mass is 10.4. The number of carbonyl (C=O) groups excluding carboxylic acids is 3. The van der Waals surface area contributed by atoms with Crippen LogP contribution >= 0.6 is 0 Å². The lowest BCUT2D eigenvalue weighted by Crippen LogP contribution is -2.38. The molecule has 1 fully saturated rings. The van der Waals surface area contributed by atoms with Crippen molar-refractivity contribution >= 4 is 17.8 Å². The van der Waals surface area contributed by atoms with Crippen molar-refractivity contribution in [3.63, 3.8) is 0 Å². The molecule has 0 N–H and O–H groups in total. The number of hydrogen-bond donors (Lipinski definition) is 0. The third-order valence-electron chi connectivity index (χ3n) is 2.79. The van der Waals surface area contributed by atoms with E-state index in [1.54, 1.807) is 0 Å². The Balaban J connectivity index is 2.40. The highest BCUT2D eigenvalue weighted by molar-refractivity contribution is 6.01. The van der Waals surface area contributed by atoms with Crippen molar-refractivity contribution in [2.45, 2.75) is 26.7 Å². The summed E-state index contributed by atoms with van der Waals surface area (Å²) in [6.07, 6.45) is 0.0665. The molecule has 10 nitrogen and oxygen atoms in total. The molecule has 0 aliphatic carbocycles. The molecule has 1 heterocycles. The van der Waals surface area contributed by atoms with Crippen LogP contribution in [0.5, 0.6) is 0 Å². The highest BCUT2D eigenvalue weighted by atomic mass is 17.0. The summed E-state index contributed by atoms with van der Waals surface area (Å²) in [6.45, 7) is 5.31. The number of hydroxylamine groups is 4. The van der Waals surface area contributed by atoms with Crippen molar-refractivity contribution in [1.29, 1.82) is 0 Å². The van der Waals surface area contributed by atoms with Gasteiger partial charge in [-0.05, 0) is 13.8 Å². The summed E-state index contributed by atoms with van der Waals surface area (Å²) in [4.78, 5) is 49.9. The van der Waals surface area contributed by atoms with Crippen molar-refractivity contribution in [3.8, 4) is 0 Å². The van der Waals surface area contributed by atoms with E-state index >= 15 is 0 Å². The van der Waals surface area contributed by atoms with E-state index in [0.29, 0.717) is 31.5 Å². The third-order valence-corrected chi connectivity index (χ3v) is 2.79. The number of carbonyl (C=O) groups is 3. The second kappa shape index (κ2) is 11.9. The van der Waals surface area contributed by atoms with E-state index in [9.17, 15) is 14.4 Å². The van der Waals surface area contributed by atoms with Crippen LogP contribution in [-0.4, -0.2) is 74.3 Å². The minimum atomic E-state index is -0.855. The predicted molar refractivity (Wildman–Crippen MR) is 78.8 cm³/mol. The smallest absolute Gasteiger partial charge is 0.352 e. The highest BCUT2D eigenvalue weighted by Gasteiger charge is 2.33. The van der Waals surface area contributed by atoms with Crippen LogP contribution in [0.3, 0.4) is 0 Å². The molecule has 1 saturated heterocycles. The van der Waals surface area contributed by atoms with Crippen LogP contribution in [0.15, 0.2) is 0 Å². The van der Waals surface area contributed by atoms with Crippen molar-refractivity contribution in [2.24, 2.45) is 0 Å². The average molecular weight is 348 g/mol. The van der Waals surface area contributed by atoms with Gasteiger partial charge in [0.25, 0.3) is 11.8 Å². The summed E-state index contributed by atoms with van der Waals surface area (Å²) in [5, 5.41) is 1.40. The van der Waals surface area contributed by atoms with E-state index in [2.05, 4.69) is 0 Å². The van der Waals surface area contributed by atoms with E-state index in [1.807, 2.05) is 13.8 Å². The number of hydrogen-bond acceptors (Lipinski definition) is 9. The second-order valence-electron chi connectivity index (χ2n) is 4.60. The van der Waals surface area contributed by atoms with E-state index in [1.165, 1.54) is 0 Å². The Morgan fingerprint density at radius 3 is 1.92 bits per heavy atom. The monoisotopic (exact) mass is 348 g/mol. The quantitative estimate of drug-likeness (QED) is 0.255. The molecule has 0 aromatic carbocycles. The van der Waals surface area contributed by atoms with Gasteiger partial charge >= 0.3 is 5.97 Å². The molecule has 24 heavy (non-hydrogen) atoms. The first-order valence-corrected chi connectivity index (χ1v) is 7.83. The lowest BCUT2D eigenvalue weighted by molar-refractivity contribution is -0.370. The fraction of sp³-hybridized carbons (Fsp3) is 0.786. The molecule has 1 rings (SSSR count). The van der Waals surface area contributed by atoms with Crippen LogP contribution in [0.4, 0.5) is 0 Å². The van der Waals surface area contributed by atoms with Crippen LogP contribution in [0.2, 0.25) is 0 Å². The molecule has 10 heteroatoms. The van der Waals surface area contributed by atoms with E-state index in [-0.39, 0.29) is 26.1 Å². The fourth-order valence-corrected chi connectivity index (χ4v) is 1.71. The Hall–Kier alpha value is -1.59. The first-order chi connectivity index (χ1) is 11.6. The minimum absolute atomic E-state index is 0.0333. The second-order valence-corrected chi connectivity index (χ2v) is 4.60. The van der Waals surface area contributed by atoms with Crippen LogP contribution in [-0.2, 0) is 38.4 Å². The van der Waals surface area contributed by atoms with Gasteiger partial charge in [0.15, 0.2) is 6.54 Å². The van der Waals surface area contributed by atoms with Crippen molar-refractivity contribution < 1.29 is 38.4 Å². The topological polar surface area (TPSA) is 104 Å². The highest BCUT2D eigenvalue weighted by Crippen LogP contribution is 2.12. The number of ether oxygens (including phenoxy) is 2. The van der Waals surface area contributed by atoms with Crippen LogP contribution in [0, 0.1) is 0 Å². The van der Waals surface area contributed by atoms with Gasteiger partial charge in [-0.25, -0.2) is 4.79 Å². The summed E-state index contributed by atoms with van der Waals surface area (Å²) in [5.41, 5.74) is 0. The SMILES string of the molecule is CCOCCON(CC(=O)ON1C(=O)CCC1=O)OCCOCC. The number of amides is 2. The minimum Gasteiger partial charge on any atom is -0.379 e. The van der Waals surface area contributed by atoms with Gasteiger partial charge in [-0.2, -0.15) is 0 Å². The van der Waals surface area contributed by atoms with Crippen molar-refractivity contribution in [1.82, 2.24) is 10.3 Å². The van der Waals surface area contributed by atoms with Crippen molar-refractivity contribution in [2.75, 3.05) is 46.2 Å². The van der Waals surface area contributed by atoms with Crippen molar-refractivity contribution in [3.05, 3.63) is 0 Å². The van der Waals surface area contributed by atoms with Crippen LogP contribution < -0.4 is 0 Å². The Bertz CT molecular complexity index is 390. The normalized spacial score (nSPS) is 14.7. The zero-order valence-electron chi connectivity index (χ0n) is 14.0. The molecule has 1 aliphatic rings. The molecular formula is C14H24N2O8. The first kappa shape index (κ1) is 20.5. The summed E-state index contributed by atoms with van der Waals surface area (Å²) in [7, 11) is 0. The van der Waals surface area contributed by atoms with E-state index in [4.69, 9.17) is 24.0 Å². The number of rotatable bonds is 13. The van der Waals surface area contributed by atoms with Crippen LogP contribution in [0.1, 0.15) is 26.7 Å². The van der Waals surface area contributed by atoms with E-state index < -0.39 is 24.3 Å². The lowest BCUT2D eigenvalue weighted by Gasteiger charge is -2.21. The number of imide groups is 1. The fourth-order valence-electron chi connectivity index (χ4n) is 1.71. The number of nitrogens with zero attached hydrogens (tertiary/aromatic N) is 2. The summed E-state index contributed by atoms with van der Waals surface area (Å²) >= 11 is 0. The Morgan fingerprint density at radius 1 is 0.958 bits per heavy atom. The van der Waals surface area contributed by atoms with Gasteiger partial charge in [0.2, 0.25) is 0 Å². The predicted octanol–water partition coefficient (Wildman–Crippen LogP) is -0.168. The molecular weight excluding hydrogens is 324 g/mol. The maximum absolute atomic E-state index is 11.8. The molecule has 138 valence electrons. The van der Waals surface area contributed by atoms with Gasteiger partial charge < -0.3 is 14.3 Å². The Kier molecular flexibility index (Phi) is 10.1. The van der Waals surface area contributed by atoms with E-state index in [0.717, 1.165) is 5.23 Å². The van der Waals surface area contributed by atoms with Gasteiger partial charge in [0.1, 0.15) is 0 Å².